The van der Waals surface area contributed by atoms with Crippen molar-refractivity contribution in [2.75, 3.05) is 25.5 Å². The van der Waals surface area contributed by atoms with Crippen molar-refractivity contribution in [1.29, 1.82) is 0 Å². The Kier molecular flexibility index (Phi) is 7.35. The maximum Gasteiger partial charge on any atom is 0.410 e. The van der Waals surface area contributed by atoms with Crippen LogP contribution in [-0.2, 0) is 4.74 Å². The molecule has 1 fully saturated rings. The monoisotopic (exact) mass is 602 g/mol. The molecule has 2 aromatic heterocycles. The Labute approximate surface area is 253 Å². The fourth-order valence-electron chi connectivity index (χ4n) is 4.69. The van der Waals surface area contributed by atoms with Crippen LogP contribution in [0, 0.1) is 6.92 Å². The second-order valence-corrected chi connectivity index (χ2v) is 11.6. The molecule has 1 saturated heterocycles. The molecule has 0 unspecified atom stereocenters. The lowest BCUT2D eigenvalue weighted by Gasteiger charge is -2.39. The smallest absolute Gasteiger partial charge is 0.410 e. The number of likely N-dealkylation sites (tertiary alicyclic amines) is 1. The van der Waals surface area contributed by atoms with Gasteiger partial charge in [0, 0.05) is 23.2 Å². The minimum atomic E-state index is -0.555. The highest BCUT2D eigenvalue weighted by Gasteiger charge is 2.35. The summed E-state index contributed by atoms with van der Waals surface area (Å²) in [6, 6.07) is 14.7. The average Bonchev–Trinajstić information content (AvgIpc) is 3.30. The summed E-state index contributed by atoms with van der Waals surface area (Å²) in [5, 5.41) is 4.47. The van der Waals surface area contributed by atoms with Gasteiger partial charge in [-0.25, -0.2) is 19.7 Å². The number of hydrogen-bond donors (Lipinski definition) is 2. The zero-order chi connectivity index (χ0) is 30.3. The number of benzene rings is 3. The van der Waals surface area contributed by atoms with Crippen LogP contribution < -0.4 is 19.5 Å². The molecule has 12 heteroatoms. The van der Waals surface area contributed by atoms with Crippen molar-refractivity contribution in [2.45, 2.75) is 39.4 Å². The molecule has 43 heavy (non-hydrogen) atoms. The number of H-pyrrole nitrogens is 1. The van der Waals surface area contributed by atoms with Crippen molar-refractivity contribution in [3.8, 4) is 23.0 Å². The van der Waals surface area contributed by atoms with E-state index in [0.717, 1.165) is 22.2 Å². The van der Waals surface area contributed by atoms with Crippen molar-refractivity contribution in [3.05, 3.63) is 65.7 Å². The fourth-order valence-corrected chi connectivity index (χ4v) is 4.91. The van der Waals surface area contributed by atoms with E-state index in [9.17, 15) is 4.79 Å². The third-order valence-corrected chi connectivity index (χ3v) is 7.00. The zero-order valence-corrected chi connectivity index (χ0v) is 25.2. The van der Waals surface area contributed by atoms with Crippen LogP contribution in [0.3, 0.4) is 0 Å². The number of amides is 1. The number of aromatic amines is 1. The van der Waals surface area contributed by atoms with E-state index in [1.54, 1.807) is 30.2 Å². The number of nitrogens with zero attached hydrogens (tertiary/aromatic N) is 4. The molecule has 0 saturated carbocycles. The first-order valence-electron chi connectivity index (χ1n) is 13.7. The lowest BCUT2D eigenvalue weighted by atomic mass is 10.1. The first-order chi connectivity index (χ1) is 20.5. The van der Waals surface area contributed by atoms with Gasteiger partial charge in [0.2, 0.25) is 0 Å². The van der Waals surface area contributed by atoms with E-state index in [0.29, 0.717) is 58.1 Å². The number of methoxy groups -OCH3 is 1. The molecular weight excluding hydrogens is 572 g/mol. The highest BCUT2D eigenvalue weighted by atomic mass is 35.5. The summed E-state index contributed by atoms with van der Waals surface area (Å²) < 4.78 is 23.3. The number of nitrogens with one attached hydrogen (secondary N) is 2. The van der Waals surface area contributed by atoms with Gasteiger partial charge in [0.05, 0.1) is 41.8 Å². The molecule has 2 N–H and O–H groups in total. The Morgan fingerprint density at radius 3 is 2.58 bits per heavy atom. The number of aryl methyl sites for hydroxylation is 1. The van der Waals surface area contributed by atoms with Gasteiger partial charge in [-0.2, -0.15) is 0 Å². The Bertz CT molecular complexity index is 1830. The van der Waals surface area contributed by atoms with Gasteiger partial charge in [-0.3, -0.25) is 0 Å². The van der Waals surface area contributed by atoms with E-state index in [4.69, 9.17) is 30.5 Å². The van der Waals surface area contributed by atoms with E-state index in [2.05, 4.69) is 25.3 Å². The maximum atomic E-state index is 12.3. The maximum absolute atomic E-state index is 12.3. The van der Waals surface area contributed by atoms with Crippen LogP contribution in [-0.4, -0.2) is 62.8 Å². The summed E-state index contributed by atoms with van der Waals surface area (Å²) in [4.78, 5) is 30.4. The number of halogens is 1. The summed E-state index contributed by atoms with van der Waals surface area (Å²) in [6.45, 7) is 8.25. The van der Waals surface area contributed by atoms with E-state index >= 15 is 0 Å². The molecule has 0 radical (unpaired) electrons. The van der Waals surface area contributed by atoms with Gasteiger partial charge in [0.25, 0.3) is 0 Å². The second-order valence-electron chi connectivity index (χ2n) is 11.2. The third kappa shape index (κ3) is 6.21. The van der Waals surface area contributed by atoms with Gasteiger partial charge in [-0.15, -0.1) is 0 Å². The topological polar surface area (TPSA) is 124 Å². The number of fused-ring (bicyclic) bond motifs is 2. The van der Waals surface area contributed by atoms with Crippen LogP contribution in [0.15, 0.2) is 54.9 Å². The minimum absolute atomic E-state index is 0.204. The van der Waals surface area contributed by atoms with Gasteiger partial charge in [0.15, 0.2) is 11.5 Å². The average molecular weight is 603 g/mol. The van der Waals surface area contributed by atoms with Crippen molar-refractivity contribution in [3.63, 3.8) is 0 Å². The number of carbonyl (C=O) groups is 1. The van der Waals surface area contributed by atoms with E-state index in [1.807, 2.05) is 58.0 Å². The highest BCUT2D eigenvalue weighted by Crippen LogP contribution is 2.38. The van der Waals surface area contributed by atoms with Crippen molar-refractivity contribution in [2.24, 2.45) is 0 Å². The van der Waals surface area contributed by atoms with Gasteiger partial charge in [-0.1, -0.05) is 11.6 Å². The highest BCUT2D eigenvalue weighted by molar-refractivity contribution is 6.32. The van der Waals surface area contributed by atoms with Gasteiger partial charge < -0.3 is 34.1 Å². The summed E-state index contributed by atoms with van der Waals surface area (Å²) in [6.07, 6.45) is 0.910. The predicted molar refractivity (Wildman–Crippen MR) is 164 cm³/mol. The van der Waals surface area contributed by atoms with Crippen LogP contribution >= 0.6 is 11.6 Å². The quantitative estimate of drug-likeness (QED) is 0.202. The van der Waals surface area contributed by atoms with Gasteiger partial charge >= 0.3 is 6.09 Å². The molecule has 0 aliphatic carbocycles. The number of carbonyl (C=O) groups excluding carboxylic acids is 1. The molecule has 5 aromatic rings. The third-order valence-electron chi connectivity index (χ3n) is 6.71. The van der Waals surface area contributed by atoms with E-state index in [1.165, 1.54) is 6.33 Å². The summed E-state index contributed by atoms with van der Waals surface area (Å²) in [7, 11) is 1.57. The predicted octanol–water partition coefficient (Wildman–Crippen LogP) is 7.01. The molecule has 0 spiro atoms. The molecule has 0 atom stereocenters. The van der Waals surface area contributed by atoms with E-state index < -0.39 is 5.60 Å². The number of ether oxygens (including phenoxy) is 4. The number of rotatable bonds is 7. The van der Waals surface area contributed by atoms with Crippen LogP contribution in [0.4, 0.5) is 16.3 Å². The largest absolute Gasteiger partial charge is 0.493 e. The molecule has 1 amide bonds. The minimum Gasteiger partial charge on any atom is -0.493 e. The Hall–Kier alpha value is -4.77. The number of imidazole rings is 1. The molecule has 11 nitrogen and oxygen atoms in total. The number of hydrogen-bond acceptors (Lipinski definition) is 9. The fraction of sp³-hybridized carbons (Fsp3) is 0.290. The number of anilines is 2. The van der Waals surface area contributed by atoms with Crippen molar-refractivity contribution < 1.29 is 23.7 Å². The van der Waals surface area contributed by atoms with Crippen LogP contribution in [0.1, 0.15) is 26.6 Å². The summed E-state index contributed by atoms with van der Waals surface area (Å²) in [5.74, 6) is 3.60. The summed E-state index contributed by atoms with van der Waals surface area (Å²) in [5.41, 5.74) is 2.58. The van der Waals surface area contributed by atoms with Gasteiger partial charge in [0.1, 0.15) is 41.2 Å². The molecule has 3 aromatic carbocycles. The molecular formula is C31H31ClN6O5. The molecule has 1 aliphatic heterocycles. The number of aromatic nitrogens is 4. The molecule has 6 rings (SSSR count). The van der Waals surface area contributed by atoms with Crippen molar-refractivity contribution >= 4 is 51.1 Å². The summed E-state index contributed by atoms with van der Waals surface area (Å²) >= 11 is 6.61. The van der Waals surface area contributed by atoms with Crippen molar-refractivity contribution in [1.82, 2.24) is 24.8 Å². The Balaban J connectivity index is 1.18. The normalized spacial score (nSPS) is 13.6. The first kappa shape index (κ1) is 28.4. The molecule has 222 valence electrons. The Morgan fingerprint density at radius 1 is 1.02 bits per heavy atom. The standard InChI is InChI=1S/C31H31ClN6O5/c1-17-35-23-8-7-19(11-25(23)36-17)41-26-9-6-18(10-22(26)32)37-29-21-12-28(27(40-5)13-24(21)33-16-34-29)42-20-14-38(15-20)30(39)43-31(2,3)4/h6-13,16,20H,14-15H2,1-5H3,(H,35,36)(H,33,34,37). The Morgan fingerprint density at radius 2 is 1.84 bits per heavy atom. The lowest BCUT2D eigenvalue weighted by Crippen LogP contribution is -2.57. The first-order valence-corrected chi connectivity index (χ1v) is 14.1. The lowest BCUT2D eigenvalue weighted by molar-refractivity contribution is -0.0225. The molecule has 0 bridgehead atoms. The zero-order valence-electron chi connectivity index (χ0n) is 24.4. The van der Waals surface area contributed by atoms with Crippen LogP contribution in [0.5, 0.6) is 23.0 Å². The molecule has 3 heterocycles. The molecule has 1 aliphatic rings. The van der Waals surface area contributed by atoms with Crippen LogP contribution in [0.25, 0.3) is 21.9 Å². The van der Waals surface area contributed by atoms with Gasteiger partial charge in [-0.05, 0) is 64.1 Å². The van der Waals surface area contributed by atoms with E-state index in [-0.39, 0.29) is 12.2 Å². The van der Waals surface area contributed by atoms with Crippen LogP contribution in [0.2, 0.25) is 5.02 Å². The second kappa shape index (κ2) is 11.1. The SMILES string of the molecule is COc1cc2ncnc(Nc3ccc(Oc4ccc5nc(C)[nH]c5c4)c(Cl)c3)c2cc1OC1CN(C(=O)OC(C)(C)C)C1.